The molecule has 1 rings (SSSR count). The topological polar surface area (TPSA) is 26.3 Å². The second-order valence-corrected chi connectivity index (χ2v) is 6.37. The van der Waals surface area contributed by atoms with Gasteiger partial charge in [-0.2, -0.15) is 11.8 Å². The average molecular weight is 309 g/mol. The van der Waals surface area contributed by atoms with Gasteiger partial charge in [0.15, 0.2) is 0 Å². The van der Waals surface area contributed by atoms with Gasteiger partial charge in [-0.3, -0.25) is 4.79 Å². The standard InChI is InChI=1S/C10H13BrO2S2/c1-2-3-14-7-10(12)13-5-8-4-9(11)15-6-8/h4,6H,2-3,5,7H2,1H3. The van der Waals surface area contributed by atoms with Crippen molar-refractivity contribution in [2.45, 2.75) is 20.0 Å². The monoisotopic (exact) mass is 308 g/mol. The number of esters is 1. The summed E-state index contributed by atoms with van der Waals surface area (Å²) in [6, 6.07) is 1.97. The van der Waals surface area contributed by atoms with E-state index in [0.29, 0.717) is 12.4 Å². The molecule has 0 spiro atoms. The highest BCUT2D eigenvalue weighted by Gasteiger charge is 2.04. The Morgan fingerprint density at radius 3 is 3.07 bits per heavy atom. The summed E-state index contributed by atoms with van der Waals surface area (Å²) in [5.74, 6) is 1.34. The lowest BCUT2D eigenvalue weighted by atomic mass is 10.4. The van der Waals surface area contributed by atoms with E-state index in [1.54, 1.807) is 23.1 Å². The summed E-state index contributed by atoms with van der Waals surface area (Å²) >= 11 is 6.58. The van der Waals surface area contributed by atoms with E-state index < -0.39 is 0 Å². The number of ether oxygens (including phenoxy) is 1. The smallest absolute Gasteiger partial charge is 0.316 e. The highest BCUT2D eigenvalue weighted by molar-refractivity contribution is 9.11. The van der Waals surface area contributed by atoms with Crippen LogP contribution in [0.1, 0.15) is 18.9 Å². The number of thioether (sulfide) groups is 1. The Bertz CT molecular complexity index is 312. The Morgan fingerprint density at radius 2 is 2.47 bits per heavy atom. The molecule has 0 saturated carbocycles. The molecule has 0 radical (unpaired) electrons. The van der Waals surface area contributed by atoms with Crippen molar-refractivity contribution >= 4 is 45.0 Å². The molecule has 0 amide bonds. The van der Waals surface area contributed by atoms with Gasteiger partial charge in [0.2, 0.25) is 0 Å². The zero-order valence-electron chi connectivity index (χ0n) is 8.49. The first kappa shape index (κ1) is 13.1. The highest BCUT2D eigenvalue weighted by atomic mass is 79.9. The van der Waals surface area contributed by atoms with Gasteiger partial charge in [0, 0.05) is 5.56 Å². The Morgan fingerprint density at radius 1 is 1.67 bits per heavy atom. The summed E-state index contributed by atoms with van der Waals surface area (Å²) in [6.45, 7) is 2.48. The molecule has 0 aromatic carbocycles. The fourth-order valence-corrected chi connectivity index (χ4v) is 2.80. The van der Waals surface area contributed by atoms with Gasteiger partial charge in [-0.05, 0) is 39.6 Å². The van der Waals surface area contributed by atoms with E-state index in [9.17, 15) is 4.79 Å². The molecule has 1 heterocycles. The number of hydrogen-bond donors (Lipinski definition) is 0. The van der Waals surface area contributed by atoms with Crippen molar-refractivity contribution in [2.75, 3.05) is 11.5 Å². The molecule has 0 atom stereocenters. The van der Waals surface area contributed by atoms with Crippen LogP contribution in [0.4, 0.5) is 0 Å². The quantitative estimate of drug-likeness (QED) is 0.592. The van der Waals surface area contributed by atoms with Crippen molar-refractivity contribution in [3.05, 3.63) is 20.8 Å². The van der Waals surface area contributed by atoms with Crippen molar-refractivity contribution in [1.29, 1.82) is 0 Å². The molecule has 0 N–H and O–H groups in total. The van der Waals surface area contributed by atoms with Crippen LogP contribution in [0.15, 0.2) is 15.2 Å². The van der Waals surface area contributed by atoms with Crippen molar-refractivity contribution in [3.63, 3.8) is 0 Å². The first-order chi connectivity index (χ1) is 7.22. The van der Waals surface area contributed by atoms with E-state index in [4.69, 9.17) is 4.74 Å². The van der Waals surface area contributed by atoms with Gasteiger partial charge >= 0.3 is 5.97 Å². The highest BCUT2D eigenvalue weighted by Crippen LogP contribution is 2.21. The second kappa shape index (κ2) is 7.30. The van der Waals surface area contributed by atoms with Gasteiger partial charge in [0.05, 0.1) is 9.54 Å². The zero-order valence-corrected chi connectivity index (χ0v) is 11.7. The summed E-state index contributed by atoms with van der Waals surface area (Å²) in [5.41, 5.74) is 1.04. The second-order valence-electron chi connectivity index (χ2n) is 2.97. The molecule has 0 saturated heterocycles. The van der Waals surface area contributed by atoms with Crippen LogP contribution < -0.4 is 0 Å². The predicted octanol–water partition coefficient (Wildman–Crippen LogP) is 3.70. The minimum absolute atomic E-state index is 0.129. The molecule has 1 aromatic rings. The third-order valence-electron chi connectivity index (χ3n) is 1.59. The number of carbonyl (C=O) groups excluding carboxylic acids is 1. The molecule has 15 heavy (non-hydrogen) atoms. The summed E-state index contributed by atoms with van der Waals surface area (Å²) in [5, 5.41) is 1.98. The van der Waals surface area contributed by atoms with E-state index in [-0.39, 0.29) is 5.97 Å². The number of halogens is 1. The van der Waals surface area contributed by atoms with Crippen LogP contribution in [-0.2, 0) is 16.1 Å². The molecule has 0 aliphatic heterocycles. The van der Waals surface area contributed by atoms with Gasteiger partial charge in [-0.25, -0.2) is 0 Å². The average Bonchev–Trinajstić information content (AvgIpc) is 2.62. The van der Waals surface area contributed by atoms with Crippen LogP contribution in [0.2, 0.25) is 0 Å². The van der Waals surface area contributed by atoms with Gasteiger partial charge in [-0.15, -0.1) is 11.3 Å². The van der Waals surface area contributed by atoms with Crippen molar-refractivity contribution in [3.8, 4) is 0 Å². The molecule has 2 nitrogen and oxygen atoms in total. The van der Waals surface area contributed by atoms with Gasteiger partial charge in [0.1, 0.15) is 6.61 Å². The van der Waals surface area contributed by atoms with Gasteiger partial charge in [-0.1, -0.05) is 6.92 Å². The van der Waals surface area contributed by atoms with E-state index in [0.717, 1.165) is 21.5 Å². The first-order valence-electron chi connectivity index (χ1n) is 4.68. The predicted molar refractivity (Wildman–Crippen MR) is 69.4 cm³/mol. The normalized spacial score (nSPS) is 10.3. The maximum atomic E-state index is 11.2. The molecular weight excluding hydrogens is 296 g/mol. The zero-order chi connectivity index (χ0) is 11.1. The van der Waals surface area contributed by atoms with Gasteiger partial charge < -0.3 is 4.74 Å². The molecule has 0 aliphatic rings. The Balaban J connectivity index is 2.16. The Kier molecular flexibility index (Phi) is 6.36. The summed E-state index contributed by atoms with van der Waals surface area (Å²) < 4.78 is 6.18. The van der Waals surface area contributed by atoms with E-state index in [1.165, 1.54) is 0 Å². The van der Waals surface area contributed by atoms with E-state index in [1.807, 2.05) is 11.4 Å². The molecule has 1 aromatic heterocycles. The molecular formula is C10H13BrO2S2. The van der Waals surface area contributed by atoms with Gasteiger partial charge in [0.25, 0.3) is 0 Å². The molecule has 0 unspecified atom stereocenters. The van der Waals surface area contributed by atoms with Crippen LogP contribution in [0.3, 0.4) is 0 Å². The summed E-state index contributed by atoms with van der Waals surface area (Å²) in [7, 11) is 0. The van der Waals surface area contributed by atoms with Crippen LogP contribution in [0, 0.1) is 0 Å². The van der Waals surface area contributed by atoms with E-state index in [2.05, 4.69) is 22.9 Å². The summed E-state index contributed by atoms with van der Waals surface area (Å²) in [6.07, 6.45) is 1.09. The fraction of sp³-hybridized carbons (Fsp3) is 0.500. The van der Waals surface area contributed by atoms with Crippen LogP contribution in [0.25, 0.3) is 0 Å². The number of rotatable bonds is 6. The largest absolute Gasteiger partial charge is 0.460 e. The lowest BCUT2D eigenvalue weighted by Crippen LogP contribution is -2.07. The third-order valence-corrected chi connectivity index (χ3v) is 4.28. The van der Waals surface area contributed by atoms with Crippen molar-refractivity contribution < 1.29 is 9.53 Å². The molecule has 0 bridgehead atoms. The first-order valence-corrected chi connectivity index (χ1v) is 7.51. The maximum absolute atomic E-state index is 11.2. The summed E-state index contributed by atoms with van der Waals surface area (Å²) in [4.78, 5) is 11.2. The van der Waals surface area contributed by atoms with Crippen molar-refractivity contribution in [2.24, 2.45) is 0 Å². The molecule has 0 aliphatic carbocycles. The minimum atomic E-state index is -0.129. The maximum Gasteiger partial charge on any atom is 0.316 e. The van der Waals surface area contributed by atoms with Crippen LogP contribution in [0.5, 0.6) is 0 Å². The lowest BCUT2D eigenvalue weighted by Gasteiger charge is -2.02. The van der Waals surface area contributed by atoms with E-state index >= 15 is 0 Å². The van der Waals surface area contributed by atoms with Crippen LogP contribution in [-0.4, -0.2) is 17.5 Å². The van der Waals surface area contributed by atoms with Crippen LogP contribution >= 0.6 is 39.0 Å². The Hall–Kier alpha value is -0.000000000000000111. The minimum Gasteiger partial charge on any atom is -0.460 e. The lowest BCUT2D eigenvalue weighted by molar-refractivity contribution is -0.141. The fourth-order valence-electron chi connectivity index (χ4n) is 0.927. The Labute approximate surface area is 107 Å². The molecule has 84 valence electrons. The number of hydrogen-bond acceptors (Lipinski definition) is 4. The SMILES string of the molecule is CCCSCC(=O)OCc1csc(Br)c1. The number of carbonyl (C=O) groups is 1. The van der Waals surface area contributed by atoms with Crippen molar-refractivity contribution in [1.82, 2.24) is 0 Å². The molecule has 0 fully saturated rings. The molecule has 5 heteroatoms. The third kappa shape index (κ3) is 5.58. The number of thiophene rings is 1.